The average Bonchev–Trinajstić information content (AvgIpc) is 2.69. The van der Waals surface area contributed by atoms with Gasteiger partial charge in [-0.05, 0) is 18.1 Å². The minimum atomic E-state index is -0.535. The van der Waals surface area contributed by atoms with Crippen LogP contribution in [0.1, 0.15) is 23.9 Å². The summed E-state index contributed by atoms with van der Waals surface area (Å²) in [7, 11) is 1.85. The number of aromatic nitrogens is 2. The van der Waals surface area contributed by atoms with Crippen LogP contribution in [0, 0.1) is 0 Å². The van der Waals surface area contributed by atoms with Gasteiger partial charge in [0.1, 0.15) is 0 Å². The van der Waals surface area contributed by atoms with Crippen LogP contribution >= 0.6 is 23.2 Å². The van der Waals surface area contributed by atoms with E-state index in [0.717, 1.165) is 23.4 Å². The van der Waals surface area contributed by atoms with E-state index in [0.29, 0.717) is 22.9 Å². The summed E-state index contributed by atoms with van der Waals surface area (Å²) >= 11 is 12.4. The molecule has 1 aromatic carbocycles. The number of rotatable bonds is 5. The molecular weight excluding hydrogens is 295 g/mol. The highest BCUT2D eigenvalue weighted by atomic mass is 35.5. The van der Waals surface area contributed by atoms with Crippen LogP contribution < -0.4 is 0 Å². The topological polar surface area (TPSA) is 38.0 Å². The van der Waals surface area contributed by atoms with Crippen molar-refractivity contribution in [3.05, 3.63) is 51.3 Å². The van der Waals surface area contributed by atoms with E-state index in [4.69, 9.17) is 23.2 Å². The van der Waals surface area contributed by atoms with Gasteiger partial charge in [-0.1, -0.05) is 48.3 Å². The molecule has 3 nitrogen and oxygen atoms in total. The van der Waals surface area contributed by atoms with E-state index in [1.807, 2.05) is 38.2 Å². The molecule has 0 aliphatic rings. The predicted octanol–water partition coefficient (Wildman–Crippen LogP) is 3.44. The Bertz CT molecular complexity index is 596. The summed E-state index contributed by atoms with van der Waals surface area (Å²) in [6, 6.07) is 7.55. The van der Waals surface area contributed by atoms with Crippen molar-refractivity contribution < 1.29 is 5.11 Å². The molecule has 20 heavy (non-hydrogen) atoms. The lowest BCUT2D eigenvalue weighted by Gasteiger charge is -2.12. The van der Waals surface area contributed by atoms with Crippen LogP contribution in [0.2, 0.25) is 10.0 Å². The molecule has 108 valence electrons. The first-order valence-corrected chi connectivity index (χ1v) is 7.40. The largest absolute Gasteiger partial charge is 0.392 e. The predicted molar refractivity (Wildman–Crippen MR) is 82.5 cm³/mol. The summed E-state index contributed by atoms with van der Waals surface area (Å²) in [4.78, 5) is 0. The molecule has 0 fully saturated rings. The van der Waals surface area contributed by atoms with Gasteiger partial charge >= 0.3 is 0 Å². The Morgan fingerprint density at radius 3 is 2.55 bits per heavy atom. The van der Waals surface area contributed by atoms with Crippen molar-refractivity contribution in [3.63, 3.8) is 0 Å². The highest BCUT2D eigenvalue weighted by molar-refractivity contribution is 6.32. The second-order valence-electron chi connectivity index (χ2n) is 4.84. The molecule has 2 rings (SSSR count). The van der Waals surface area contributed by atoms with Gasteiger partial charge in [-0.15, -0.1) is 0 Å². The first-order chi connectivity index (χ1) is 9.52. The van der Waals surface area contributed by atoms with Crippen molar-refractivity contribution in [3.8, 4) is 0 Å². The summed E-state index contributed by atoms with van der Waals surface area (Å²) in [5.74, 6) is 0. The number of nitrogens with zero attached hydrogens (tertiary/aromatic N) is 2. The lowest BCUT2D eigenvalue weighted by atomic mass is 10.0. The molecule has 0 aliphatic carbocycles. The van der Waals surface area contributed by atoms with E-state index < -0.39 is 6.10 Å². The van der Waals surface area contributed by atoms with Crippen molar-refractivity contribution in [1.29, 1.82) is 0 Å². The standard InChI is InChI=1S/C15H18Cl2N2O/c1-3-13-15(17)14(19(2)18-13)9-11(20)8-10-6-4-5-7-12(10)16/h4-7,11,20H,3,8-9H2,1-2H3. The molecule has 1 N–H and O–H groups in total. The smallest absolute Gasteiger partial charge is 0.0850 e. The lowest BCUT2D eigenvalue weighted by Crippen LogP contribution is -2.16. The zero-order chi connectivity index (χ0) is 14.7. The van der Waals surface area contributed by atoms with Gasteiger partial charge in [-0.2, -0.15) is 5.10 Å². The van der Waals surface area contributed by atoms with Crippen molar-refractivity contribution in [1.82, 2.24) is 9.78 Å². The van der Waals surface area contributed by atoms with Crippen LogP contribution in [-0.2, 0) is 26.3 Å². The highest BCUT2D eigenvalue weighted by Crippen LogP contribution is 2.24. The van der Waals surface area contributed by atoms with Gasteiger partial charge in [0, 0.05) is 24.9 Å². The first kappa shape index (κ1) is 15.4. The highest BCUT2D eigenvalue weighted by Gasteiger charge is 2.17. The SMILES string of the molecule is CCc1nn(C)c(CC(O)Cc2ccccc2Cl)c1Cl. The Hall–Kier alpha value is -1.03. The molecule has 1 unspecified atom stereocenters. The Kier molecular flexibility index (Phi) is 5.08. The second-order valence-corrected chi connectivity index (χ2v) is 5.62. The van der Waals surface area contributed by atoms with E-state index in [1.165, 1.54) is 0 Å². The number of benzene rings is 1. The van der Waals surface area contributed by atoms with Gasteiger partial charge in [-0.25, -0.2) is 0 Å². The minimum Gasteiger partial charge on any atom is -0.392 e. The van der Waals surface area contributed by atoms with E-state index in [-0.39, 0.29) is 0 Å². The second kappa shape index (κ2) is 6.61. The summed E-state index contributed by atoms with van der Waals surface area (Å²) in [6.45, 7) is 2.01. The van der Waals surface area contributed by atoms with Crippen molar-refractivity contribution in [2.24, 2.45) is 7.05 Å². The van der Waals surface area contributed by atoms with Gasteiger partial charge in [0.25, 0.3) is 0 Å². The fourth-order valence-electron chi connectivity index (χ4n) is 2.25. The fraction of sp³-hybridized carbons (Fsp3) is 0.400. The number of aliphatic hydroxyl groups is 1. The summed E-state index contributed by atoms with van der Waals surface area (Å²) in [6.07, 6.45) is 1.22. The molecule has 1 atom stereocenters. The third-order valence-electron chi connectivity index (χ3n) is 3.35. The summed E-state index contributed by atoms with van der Waals surface area (Å²) in [5.41, 5.74) is 2.67. The molecule has 1 aromatic heterocycles. The van der Waals surface area contributed by atoms with Crippen LogP contribution in [0.5, 0.6) is 0 Å². The van der Waals surface area contributed by atoms with Crippen LogP contribution in [0.15, 0.2) is 24.3 Å². The first-order valence-electron chi connectivity index (χ1n) is 6.64. The summed E-state index contributed by atoms with van der Waals surface area (Å²) < 4.78 is 1.75. The van der Waals surface area contributed by atoms with E-state index in [1.54, 1.807) is 4.68 Å². The third-order valence-corrected chi connectivity index (χ3v) is 4.15. The Morgan fingerprint density at radius 2 is 1.95 bits per heavy atom. The number of aryl methyl sites for hydroxylation is 2. The summed E-state index contributed by atoms with van der Waals surface area (Å²) in [5, 5.41) is 15.9. The number of aliphatic hydroxyl groups excluding tert-OH is 1. The molecule has 0 amide bonds. The molecule has 2 aromatic rings. The lowest BCUT2D eigenvalue weighted by molar-refractivity contribution is 0.173. The van der Waals surface area contributed by atoms with E-state index in [9.17, 15) is 5.11 Å². The normalized spacial score (nSPS) is 12.7. The third kappa shape index (κ3) is 3.35. The maximum absolute atomic E-state index is 10.3. The van der Waals surface area contributed by atoms with E-state index in [2.05, 4.69) is 5.10 Å². The van der Waals surface area contributed by atoms with Crippen LogP contribution in [-0.4, -0.2) is 21.0 Å². The quantitative estimate of drug-likeness (QED) is 0.918. The molecule has 1 heterocycles. The minimum absolute atomic E-state index is 0.466. The van der Waals surface area contributed by atoms with Crippen molar-refractivity contribution >= 4 is 23.2 Å². The van der Waals surface area contributed by atoms with Gasteiger partial charge in [0.05, 0.1) is 22.5 Å². The van der Waals surface area contributed by atoms with Crippen LogP contribution in [0.4, 0.5) is 0 Å². The van der Waals surface area contributed by atoms with Crippen LogP contribution in [0.25, 0.3) is 0 Å². The molecule has 5 heteroatoms. The fourth-order valence-corrected chi connectivity index (χ4v) is 2.84. The van der Waals surface area contributed by atoms with Crippen LogP contribution in [0.3, 0.4) is 0 Å². The zero-order valence-electron chi connectivity index (χ0n) is 11.6. The van der Waals surface area contributed by atoms with E-state index >= 15 is 0 Å². The number of hydrogen-bond acceptors (Lipinski definition) is 2. The zero-order valence-corrected chi connectivity index (χ0v) is 13.1. The molecule has 0 radical (unpaired) electrons. The Morgan fingerprint density at radius 1 is 1.25 bits per heavy atom. The molecule has 0 bridgehead atoms. The van der Waals surface area contributed by atoms with Gasteiger partial charge in [-0.3, -0.25) is 4.68 Å². The van der Waals surface area contributed by atoms with Gasteiger partial charge in [0.15, 0.2) is 0 Å². The molecule has 0 saturated carbocycles. The molecule has 0 aliphatic heterocycles. The Balaban J connectivity index is 2.11. The number of hydrogen-bond donors (Lipinski definition) is 1. The van der Waals surface area contributed by atoms with Crippen molar-refractivity contribution in [2.75, 3.05) is 0 Å². The average molecular weight is 313 g/mol. The Labute approximate surface area is 129 Å². The monoisotopic (exact) mass is 312 g/mol. The number of halogens is 2. The molecule has 0 saturated heterocycles. The maximum Gasteiger partial charge on any atom is 0.0850 e. The maximum atomic E-state index is 10.3. The molecule has 0 spiro atoms. The molecular formula is C15H18Cl2N2O. The van der Waals surface area contributed by atoms with Crippen molar-refractivity contribution in [2.45, 2.75) is 32.3 Å². The van der Waals surface area contributed by atoms with Gasteiger partial charge < -0.3 is 5.11 Å². The van der Waals surface area contributed by atoms with Gasteiger partial charge in [0.2, 0.25) is 0 Å².